The first-order valence-electron chi connectivity index (χ1n) is 4.53. The fraction of sp³-hybridized carbons (Fsp3) is 0.300. The number of nitrogens with one attached hydrogen (secondary N) is 1. The van der Waals surface area contributed by atoms with E-state index >= 15 is 0 Å². The van der Waals surface area contributed by atoms with Crippen LogP contribution in [0.3, 0.4) is 0 Å². The summed E-state index contributed by atoms with van der Waals surface area (Å²) in [6.07, 6.45) is 1.55. The topological polar surface area (TPSA) is 58.6 Å². The van der Waals surface area contributed by atoms with Crippen molar-refractivity contribution in [3.63, 3.8) is 0 Å². The summed E-state index contributed by atoms with van der Waals surface area (Å²) in [7, 11) is 0. The van der Waals surface area contributed by atoms with Crippen LogP contribution in [0.1, 0.15) is 12.8 Å². The van der Waals surface area contributed by atoms with Crippen LogP contribution in [-0.2, 0) is 4.79 Å². The molecule has 1 spiro atoms. The molecule has 1 aliphatic carbocycles. The van der Waals surface area contributed by atoms with Crippen molar-refractivity contribution in [3.05, 3.63) is 18.2 Å². The van der Waals surface area contributed by atoms with Crippen molar-refractivity contribution in [1.29, 1.82) is 0 Å². The third-order valence-electron chi connectivity index (χ3n) is 2.63. The Morgan fingerprint density at radius 1 is 1.43 bits per heavy atom. The lowest BCUT2D eigenvalue weighted by atomic mass is 10.2. The standard InChI is InChI=1S/C10H9NO3/c12-6-1-2-8-7(5-6)11-9(13)10(14-8)3-4-10/h1-2,5,12H,3-4H2,(H,11,13). The zero-order valence-corrected chi connectivity index (χ0v) is 7.41. The van der Waals surface area contributed by atoms with E-state index in [0.29, 0.717) is 11.4 Å². The van der Waals surface area contributed by atoms with Gasteiger partial charge in [-0.15, -0.1) is 0 Å². The second kappa shape index (κ2) is 2.20. The smallest absolute Gasteiger partial charge is 0.268 e. The summed E-state index contributed by atoms with van der Waals surface area (Å²) in [6.45, 7) is 0. The molecule has 4 nitrogen and oxygen atoms in total. The van der Waals surface area contributed by atoms with Crippen molar-refractivity contribution in [2.75, 3.05) is 5.32 Å². The van der Waals surface area contributed by atoms with Crippen LogP contribution in [0.5, 0.6) is 11.5 Å². The van der Waals surface area contributed by atoms with Crippen LogP contribution in [0.15, 0.2) is 18.2 Å². The van der Waals surface area contributed by atoms with E-state index in [1.165, 1.54) is 6.07 Å². The van der Waals surface area contributed by atoms with Crippen molar-refractivity contribution in [1.82, 2.24) is 0 Å². The van der Waals surface area contributed by atoms with Gasteiger partial charge < -0.3 is 15.2 Å². The molecule has 1 saturated carbocycles. The fourth-order valence-electron chi connectivity index (χ4n) is 1.64. The summed E-state index contributed by atoms with van der Waals surface area (Å²) in [5.74, 6) is 0.662. The second-order valence-electron chi connectivity index (χ2n) is 3.73. The van der Waals surface area contributed by atoms with Crippen LogP contribution in [0, 0.1) is 0 Å². The maximum Gasteiger partial charge on any atom is 0.268 e. The predicted octanol–water partition coefficient (Wildman–Crippen LogP) is 1.26. The van der Waals surface area contributed by atoms with Gasteiger partial charge in [-0.2, -0.15) is 0 Å². The van der Waals surface area contributed by atoms with E-state index in [9.17, 15) is 9.90 Å². The van der Waals surface area contributed by atoms with Crippen molar-refractivity contribution < 1.29 is 14.6 Å². The first kappa shape index (κ1) is 7.67. The molecule has 1 aromatic rings. The van der Waals surface area contributed by atoms with Crippen molar-refractivity contribution in [3.8, 4) is 11.5 Å². The summed E-state index contributed by atoms with van der Waals surface area (Å²) in [4.78, 5) is 11.5. The number of phenolic OH excluding ortho intramolecular Hbond substituents is 1. The third kappa shape index (κ3) is 0.907. The van der Waals surface area contributed by atoms with Gasteiger partial charge in [-0.1, -0.05) is 0 Å². The monoisotopic (exact) mass is 191 g/mol. The molecule has 1 fully saturated rings. The molecule has 2 N–H and O–H groups in total. The summed E-state index contributed by atoms with van der Waals surface area (Å²) in [6, 6.07) is 4.71. The minimum absolute atomic E-state index is 0.101. The summed E-state index contributed by atoms with van der Waals surface area (Å²) in [5.41, 5.74) is -0.0585. The van der Waals surface area contributed by atoms with Gasteiger partial charge in [0.05, 0.1) is 5.69 Å². The van der Waals surface area contributed by atoms with Crippen LogP contribution >= 0.6 is 0 Å². The van der Waals surface area contributed by atoms with Gasteiger partial charge in [0.25, 0.3) is 5.91 Å². The largest absolute Gasteiger partial charge is 0.508 e. The number of amides is 1. The van der Waals surface area contributed by atoms with Crippen molar-refractivity contribution in [2.45, 2.75) is 18.4 Å². The van der Waals surface area contributed by atoms with Gasteiger partial charge in [0.1, 0.15) is 11.5 Å². The number of ether oxygens (including phenoxy) is 1. The van der Waals surface area contributed by atoms with E-state index in [2.05, 4.69) is 5.32 Å². The number of hydrogen-bond donors (Lipinski definition) is 2. The average Bonchev–Trinajstić information content (AvgIpc) is 2.89. The van der Waals surface area contributed by atoms with E-state index < -0.39 is 5.60 Å². The molecule has 0 bridgehead atoms. The maximum atomic E-state index is 11.5. The number of carbonyl (C=O) groups excluding carboxylic acids is 1. The normalized spacial score (nSPS) is 21.0. The Balaban J connectivity index is 2.06. The summed E-state index contributed by atoms with van der Waals surface area (Å²) < 4.78 is 5.57. The van der Waals surface area contributed by atoms with Gasteiger partial charge in [0.2, 0.25) is 0 Å². The molecule has 14 heavy (non-hydrogen) atoms. The number of phenols is 1. The Labute approximate surface area is 80.5 Å². The van der Waals surface area contributed by atoms with Crippen molar-refractivity contribution >= 4 is 11.6 Å². The molecular weight excluding hydrogens is 182 g/mol. The van der Waals surface area contributed by atoms with E-state index in [1.54, 1.807) is 12.1 Å². The van der Waals surface area contributed by atoms with Crippen LogP contribution in [0.2, 0.25) is 0 Å². The first-order chi connectivity index (χ1) is 6.70. The number of anilines is 1. The maximum absolute atomic E-state index is 11.5. The van der Waals surface area contributed by atoms with E-state index in [1.807, 2.05) is 0 Å². The van der Waals surface area contributed by atoms with Gasteiger partial charge in [-0.25, -0.2) is 0 Å². The van der Waals surface area contributed by atoms with Gasteiger partial charge >= 0.3 is 0 Å². The highest BCUT2D eigenvalue weighted by atomic mass is 16.5. The zero-order valence-electron chi connectivity index (χ0n) is 7.41. The highest BCUT2D eigenvalue weighted by Gasteiger charge is 2.55. The van der Waals surface area contributed by atoms with Gasteiger partial charge in [0, 0.05) is 18.9 Å². The fourth-order valence-corrected chi connectivity index (χ4v) is 1.64. The quantitative estimate of drug-likeness (QED) is 0.649. The van der Waals surface area contributed by atoms with E-state index in [0.717, 1.165) is 12.8 Å². The molecule has 3 rings (SSSR count). The summed E-state index contributed by atoms with van der Waals surface area (Å²) >= 11 is 0. The van der Waals surface area contributed by atoms with Crippen LogP contribution in [0.25, 0.3) is 0 Å². The minimum atomic E-state index is -0.607. The lowest BCUT2D eigenvalue weighted by molar-refractivity contribution is -0.125. The Kier molecular flexibility index (Phi) is 1.21. The van der Waals surface area contributed by atoms with Crippen molar-refractivity contribution in [2.24, 2.45) is 0 Å². The van der Waals surface area contributed by atoms with Crippen LogP contribution in [-0.4, -0.2) is 16.6 Å². The number of hydrogen-bond acceptors (Lipinski definition) is 3. The molecule has 1 amide bonds. The molecule has 0 atom stereocenters. The molecule has 1 aliphatic heterocycles. The Hall–Kier alpha value is -1.71. The predicted molar refractivity (Wildman–Crippen MR) is 49.3 cm³/mol. The average molecular weight is 191 g/mol. The minimum Gasteiger partial charge on any atom is -0.508 e. The molecule has 4 heteroatoms. The number of rotatable bonds is 0. The lowest BCUT2D eigenvalue weighted by Crippen LogP contribution is -2.38. The molecule has 1 heterocycles. The molecule has 0 aromatic heterocycles. The lowest BCUT2D eigenvalue weighted by Gasteiger charge is -2.25. The van der Waals surface area contributed by atoms with Crippen LogP contribution in [0.4, 0.5) is 5.69 Å². The Morgan fingerprint density at radius 3 is 2.93 bits per heavy atom. The Bertz CT molecular complexity index is 423. The molecule has 0 unspecified atom stereocenters. The molecule has 0 saturated heterocycles. The highest BCUT2D eigenvalue weighted by Crippen LogP contribution is 2.47. The SMILES string of the molecule is O=C1Nc2cc(O)ccc2OC12CC2. The van der Waals surface area contributed by atoms with Gasteiger partial charge in [0.15, 0.2) is 5.60 Å². The number of benzene rings is 1. The van der Waals surface area contributed by atoms with Crippen LogP contribution < -0.4 is 10.1 Å². The molecular formula is C10H9NO3. The Morgan fingerprint density at radius 2 is 2.21 bits per heavy atom. The van der Waals surface area contributed by atoms with E-state index in [4.69, 9.17) is 4.74 Å². The molecule has 2 aliphatic rings. The number of carbonyl (C=O) groups is 1. The van der Waals surface area contributed by atoms with E-state index in [-0.39, 0.29) is 11.7 Å². The zero-order chi connectivity index (χ0) is 9.76. The number of aromatic hydroxyl groups is 1. The first-order valence-corrected chi connectivity index (χ1v) is 4.53. The highest BCUT2D eigenvalue weighted by molar-refractivity contribution is 6.02. The summed E-state index contributed by atoms with van der Waals surface area (Å²) in [5, 5.41) is 11.9. The molecule has 0 radical (unpaired) electrons. The molecule has 1 aromatic carbocycles. The molecule has 72 valence electrons. The van der Waals surface area contributed by atoms with Gasteiger partial charge in [-0.05, 0) is 12.1 Å². The third-order valence-corrected chi connectivity index (χ3v) is 2.63. The second-order valence-corrected chi connectivity index (χ2v) is 3.73. The number of fused-ring (bicyclic) bond motifs is 1. The van der Waals surface area contributed by atoms with Gasteiger partial charge in [-0.3, -0.25) is 4.79 Å².